The molecule has 0 bridgehead atoms. The van der Waals surface area contributed by atoms with E-state index in [9.17, 15) is 0 Å². The molecule has 5 nitrogen and oxygen atoms in total. The van der Waals surface area contributed by atoms with Gasteiger partial charge in [-0.3, -0.25) is 0 Å². The summed E-state index contributed by atoms with van der Waals surface area (Å²) in [6.07, 6.45) is 5.97. The van der Waals surface area contributed by atoms with Crippen molar-refractivity contribution < 1.29 is 0 Å². The topological polar surface area (TPSA) is 36.7 Å². The number of nitrogens with zero attached hydrogens (tertiary/aromatic N) is 5. The highest BCUT2D eigenvalue weighted by atomic mass is 15.3. The summed E-state index contributed by atoms with van der Waals surface area (Å²) < 4.78 is 2.10. The fourth-order valence-electron chi connectivity index (χ4n) is 3.49. The van der Waals surface area contributed by atoms with Gasteiger partial charge in [0.2, 0.25) is 0 Å². The third-order valence-corrected chi connectivity index (χ3v) is 4.76. The van der Waals surface area contributed by atoms with Crippen molar-refractivity contribution in [3.05, 3.63) is 23.5 Å². The summed E-state index contributed by atoms with van der Waals surface area (Å²) in [5.41, 5.74) is 3.61. The molecular formula is C16H23N5. The molecule has 1 aliphatic heterocycles. The molecule has 0 aromatic carbocycles. The van der Waals surface area contributed by atoms with E-state index in [1.807, 2.05) is 0 Å². The Morgan fingerprint density at radius 1 is 0.952 bits per heavy atom. The first-order valence-corrected chi connectivity index (χ1v) is 8.12. The number of likely N-dealkylation sites (N-methyl/N-ethyl adjacent to an activating group) is 1. The maximum Gasteiger partial charge on any atom is 0.154 e. The third kappa shape index (κ3) is 2.39. The molecule has 0 atom stereocenters. The minimum absolute atomic E-state index is 1.01. The van der Waals surface area contributed by atoms with Crippen LogP contribution in [0.25, 0.3) is 5.65 Å². The van der Waals surface area contributed by atoms with Crippen molar-refractivity contribution in [2.45, 2.75) is 32.1 Å². The number of hydrogen-bond acceptors (Lipinski definition) is 4. The molecule has 1 aliphatic carbocycles. The van der Waals surface area contributed by atoms with Crippen molar-refractivity contribution in [1.29, 1.82) is 0 Å². The molecule has 2 aliphatic rings. The van der Waals surface area contributed by atoms with Crippen molar-refractivity contribution in [1.82, 2.24) is 19.5 Å². The van der Waals surface area contributed by atoms with Gasteiger partial charge < -0.3 is 9.80 Å². The molecule has 2 aromatic heterocycles. The number of imidazole rings is 1. The fraction of sp³-hybridized carbons (Fsp3) is 0.625. The van der Waals surface area contributed by atoms with Gasteiger partial charge in [-0.05, 0) is 57.8 Å². The molecule has 2 aromatic rings. The van der Waals surface area contributed by atoms with Crippen molar-refractivity contribution in [2.75, 3.05) is 38.1 Å². The van der Waals surface area contributed by atoms with Crippen LogP contribution in [-0.4, -0.2) is 52.7 Å². The van der Waals surface area contributed by atoms with E-state index < -0.39 is 0 Å². The second-order valence-corrected chi connectivity index (χ2v) is 6.32. The van der Waals surface area contributed by atoms with Crippen LogP contribution < -0.4 is 4.90 Å². The van der Waals surface area contributed by atoms with Crippen LogP contribution in [0.2, 0.25) is 0 Å². The molecule has 4 rings (SSSR count). The molecule has 0 N–H and O–H groups in total. The highest BCUT2D eigenvalue weighted by molar-refractivity contribution is 5.49. The van der Waals surface area contributed by atoms with E-state index in [1.54, 1.807) is 0 Å². The Labute approximate surface area is 125 Å². The highest BCUT2D eigenvalue weighted by Gasteiger charge is 2.19. The van der Waals surface area contributed by atoms with E-state index in [4.69, 9.17) is 10.1 Å². The molecule has 21 heavy (non-hydrogen) atoms. The minimum Gasteiger partial charge on any atom is -0.354 e. The van der Waals surface area contributed by atoms with E-state index in [0.717, 1.165) is 43.9 Å². The Hall–Kier alpha value is -1.62. The third-order valence-electron chi connectivity index (χ3n) is 4.76. The van der Waals surface area contributed by atoms with Crippen LogP contribution in [0.1, 0.15) is 30.7 Å². The number of anilines is 1. The average molecular weight is 285 g/mol. The first kappa shape index (κ1) is 13.1. The summed E-state index contributed by atoms with van der Waals surface area (Å²) in [6.45, 7) is 4.45. The molecule has 5 heteroatoms. The van der Waals surface area contributed by atoms with Crippen LogP contribution in [-0.2, 0) is 12.8 Å². The first-order valence-electron chi connectivity index (χ1n) is 8.12. The van der Waals surface area contributed by atoms with Crippen molar-refractivity contribution in [3.8, 4) is 0 Å². The zero-order valence-corrected chi connectivity index (χ0v) is 12.8. The molecular weight excluding hydrogens is 262 g/mol. The van der Waals surface area contributed by atoms with Crippen molar-refractivity contribution in [3.63, 3.8) is 0 Å². The molecule has 0 saturated carbocycles. The maximum absolute atomic E-state index is 4.90. The second kappa shape index (κ2) is 5.30. The van der Waals surface area contributed by atoms with E-state index in [-0.39, 0.29) is 0 Å². The molecule has 0 radical (unpaired) electrons. The summed E-state index contributed by atoms with van der Waals surface area (Å²) in [4.78, 5) is 9.56. The van der Waals surface area contributed by atoms with Gasteiger partial charge >= 0.3 is 0 Å². The zero-order chi connectivity index (χ0) is 14.2. The van der Waals surface area contributed by atoms with Gasteiger partial charge in [0.15, 0.2) is 5.65 Å². The number of aromatic nitrogens is 3. The summed E-state index contributed by atoms with van der Waals surface area (Å²) >= 11 is 0. The zero-order valence-electron chi connectivity index (χ0n) is 12.8. The van der Waals surface area contributed by atoms with Gasteiger partial charge in [-0.1, -0.05) is 0 Å². The largest absolute Gasteiger partial charge is 0.354 e. The lowest BCUT2D eigenvalue weighted by Crippen LogP contribution is -2.29. The Morgan fingerprint density at radius 3 is 2.81 bits per heavy atom. The smallest absolute Gasteiger partial charge is 0.154 e. The predicted molar refractivity (Wildman–Crippen MR) is 84.0 cm³/mol. The van der Waals surface area contributed by atoms with Gasteiger partial charge in [-0.25, -0.2) is 9.50 Å². The van der Waals surface area contributed by atoms with Crippen LogP contribution in [0.3, 0.4) is 0 Å². The molecule has 0 unspecified atom stereocenters. The van der Waals surface area contributed by atoms with Crippen molar-refractivity contribution in [2.24, 2.45) is 0 Å². The van der Waals surface area contributed by atoms with Crippen LogP contribution in [0.5, 0.6) is 0 Å². The van der Waals surface area contributed by atoms with Crippen LogP contribution >= 0.6 is 0 Å². The Balaban J connectivity index is 1.69. The summed E-state index contributed by atoms with van der Waals surface area (Å²) in [6, 6.07) is 4.27. The van der Waals surface area contributed by atoms with Gasteiger partial charge in [0.25, 0.3) is 0 Å². The predicted octanol–water partition coefficient (Wildman–Crippen LogP) is 1.75. The summed E-state index contributed by atoms with van der Waals surface area (Å²) in [7, 11) is 2.20. The standard InChI is InChI=1S/C16H23N5/c1-19-9-4-10-20(12-11-19)16-8-7-15-17-13-5-2-3-6-14(13)21(15)18-16/h7-8H,2-6,9-12H2,1H3. The number of fused-ring (bicyclic) bond motifs is 3. The van der Waals surface area contributed by atoms with Crippen LogP contribution in [0.15, 0.2) is 12.1 Å². The molecule has 112 valence electrons. The van der Waals surface area contributed by atoms with Crippen LogP contribution in [0, 0.1) is 0 Å². The molecule has 0 amide bonds. The lowest BCUT2D eigenvalue weighted by Gasteiger charge is -2.21. The maximum atomic E-state index is 4.90. The number of aryl methyl sites for hydroxylation is 2. The second-order valence-electron chi connectivity index (χ2n) is 6.32. The van der Waals surface area contributed by atoms with Crippen molar-refractivity contribution >= 4 is 11.5 Å². The number of rotatable bonds is 1. The lowest BCUT2D eigenvalue weighted by molar-refractivity contribution is 0.360. The molecule has 1 saturated heterocycles. The quantitative estimate of drug-likeness (QED) is 0.800. The monoisotopic (exact) mass is 285 g/mol. The Morgan fingerprint density at radius 2 is 1.86 bits per heavy atom. The normalized spacial score (nSPS) is 20.5. The minimum atomic E-state index is 1.01. The van der Waals surface area contributed by atoms with Crippen LogP contribution in [0.4, 0.5) is 5.82 Å². The Kier molecular flexibility index (Phi) is 3.30. The summed E-state index contributed by atoms with van der Waals surface area (Å²) in [5, 5.41) is 4.90. The number of hydrogen-bond donors (Lipinski definition) is 0. The van der Waals surface area contributed by atoms with E-state index in [0.29, 0.717) is 0 Å². The SMILES string of the molecule is CN1CCCN(c2ccc3nc4c(n3n2)CCCC4)CC1. The van der Waals surface area contributed by atoms with E-state index >= 15 is 0 Å². The first-order chi connectivity index (χ1) is 10.3. The lowest BCUT2D eigenvalue weighted by atomic mass is 10.0. The Bertz CT molecular complexity index is 647. The van der Waals surface area contributed by atoms with Gasteiger partial charge in [0.1, 0.15) is 5.82 Å². The summed E-state index contributed by atoms with van der Waals surface area (Å²) in [5.74, 6) is 1.10. The van der Waals surface area contributed by atoms with Gasteiger partial charge in [0, 0.05) is 19.6 Å². The molecule has 0 spiro atoms. The molecule has 3 heterocycles. The average Bonchev–Trinajstić information content (AvgIpc) is 2.74. The van der Waals surface area contributed by atoms with E-state index in [1.165, 1.54) is 37.2 Å². The fourth-order valence-corrected chi connectivity index (χ4v) is 3.49. The highest BCUT2D eigenvalue weighted by Crippen LogP contribution is 2.23. The van der Waals surface area contributed by atoms with Gasteiger partial charge in [-0.15, -0.1) is 5.10 Å². The molecule has 1 fully saturated rings. The van der Waals surface area contributed by atoms with Gasteiger partial charge in [-0.2, -0.15) is 0 Å². The van der Waals surface area contributed by atoms with E-state index in [2.05, 4.69) is 33.5 Å². The van der Waals surface area contributed by atoms with Gasteiger partial charge in [0.05, 0.1) is 11.4 Å².